The predicted octanol–water partition coefficient (Wildman–Crippen LogP) is 5.16. The number of hydrogen-bond acceptors (Lipinski definition) is 4. The van der Waals surface area contributed by atoms with Gasteiger partial charge in [-0.15, -0.1) is 0 Å². The highest BCUT2D eigenvalue weighted by atomic mass is 16.5. The van der Waals surface area contributed by atoms with Crippen molar-refractivity contribution < 1.29 is 24.5 Å². The maximum Gasteiger partial charge on any atom is 0.307 e. The second kappa shape index (κ2) is 11.5. The molecule has 0 aliphatic rings. The van der Waals surface area contributed by atoms with E-state index in [-0.39, 0.29) is 12.3 Å². The van der Waals surface area contributed by atoms with Crippen LogP contribution in [0.25, 0.3) is 0 Å². The van der Waals surface area contributed by atoms with Crippen molar-refractivity contribution in [3.05, 3.63) is 94.5 Å². The Morgan fingerprint density at radius 1 is 0.879 bits per heavy atom. The summed E-state index contributed by atoms with van der Waals surface area (Å²) >= 11 is 0. The highest BCUT2D eigenvalue weighted by molar-refractivity contribution is 5.70. The Morgan fingerprint density at radius 3 is 2.00 bits per heavy atom. The molecule has 0 saturated heterocycles. The molecule has 33 heavy (non-hydrogen) atoms. The number of carboxylic acids is 1. The van der Waals surface area contributed by atoms with Gasteiger partial charge in [-0.3, -0.25) is 4.79 Å². The van der Waals surface area contributed by atoms with Gasteiger partial charge < -0.3 is 19.7 Å². The number of methoxy groups -OCH3 is 2. The Morgan fingerprint density at radius 2 is 1.45 bits per heavy atom. The predicted molar refractivity (Wildman–Crippen MR) is 129 cm³/mol. The van der Waals surface area contributed by atoms with E-state index >= 15 is 0 Å². The van der Waals surface area contributed by atoms with Crippen LogP contribution in [0.3, 0.4) is 0 Å². The molecule has 0 amide bonds. The fourth-order valence-electron chi connectivity index (χ4n) is 4.19. The Bertz CT molecular complexity index is 1020. The Kier molecular flexibility index (Phi) is 8.50. The van der Waals surface area contributed by atoms with Crippen LogP contribution >= 0.6 is 0 Å². The topological polar surface area (TPSA) is 76.0 Å². The molecule has 0 aliphatic carbocycles. The summed E-state index contributed by atoms with van der Waals surface area (Å²) in [6, 6.07) is 21.6. The summed E-state index contributed by atoms with van der Waals surface area (Å²) in [5.74, 6) is 0.472. The van der Waals surface area contributed by atoms with Gasteiger partial charge in [0.25, 0.3) is 0 Å². The zero-order valence-electron chi connectivity index (χ0n) is 19.5. The van der Waals surface area contributed by atoms with Gasteiger partial charge in [0, 0.05) is 5.56 Å². The second-order valence-electron chi connectivity index (χ2n) is 8.37. The first-order valence-electron chi connectivity index (χ1n) is 11.2. The van der Waals surface area contributed by atoms with Crippen molar-refractivity contribution in [2.75, 3.05) is 14.2 Å². The lowest BCUT2D eigenvalue weighted by Crippen LogP contribution is -2.17. The zero-order chi connectivity index (χ0) is 23.8. The van der Waals surface area contributed by atoms with Gasteiger partial charge in [-0.05, 0) is 66.5 Å². The summed E-state index contributed by atoms with van der Waals surface area (Å²) in [4.78, 5) is 11.0. The summed E-state index contributed by atoms with van der Waals surface area (Å²) in [6.07, 6.45) is 1.60. The number of aliphatic carboxylic acids is 1. The molecule has 3 aromatic rings. The molecule has 0 aromatic heterocycles. The Balaban J connectivity index is 1.86. The number of ether oxygens (including phenoxy) is 2. The molecule has 1 unspecified atom stereocenters. The van der Waals surface area contributed by atoms with E-state index in [0.717, 1.165) is 35.1 Å². The molecule has 2 atom stereocenters. The van der Waals surface area contributed by atoms with Gasteiger partial charge in [0.1, 0.15) is 11.5 Å². The molecule has 5 nitrogen and oxygen atoms in total. The molecular formula is C28H32O5. The maximum absolute atomic E-state index is 11.4. The maximum atomic E-state index is 11.4. The molecule has 2 N–H and O–H groups in total. The normalized spacial score (nSPS) is 12.7. The summed E-state index contributed by atoms with van der Waals surface area (Å²) < 4.78 is 11.0. The molecule has 0 spiro atoms. The Labute approximate surface area is 195 Å². The number of hydrogen-bond donors (Lipinski definition) is 2. The number of benzene rings is 3. The van der Waals surface area contributed by atoms with E-state index < -0.39 is 12.1 Å². The van der Waals surface area contributed by atoms with Crippen molar-refractivity contribution in [1.82, 2.24) is 0 Å². The highest BCUT2D eigenvalue weighted by Gasteiger charge is 2.24. The fraction of sp³-hybridized carbons (Fsp3) is 0.321. The molecular weight excluding hydrogens is 416 g/mol. The quantitative estimate of drug-likeness (QED) is 0.424. The lowest BCUT2D eigenvalue weighted by atomic mass is 9.85. The minimum absolute atomic E-state index is 0.00327. The van der Waals surface area contributed by atoms with Crippen LogP contribution < -0.4 is 9.47 Å². The summed E-state index contributed by atoms with van der Waals surface area (Å²) in [7, 11) is 3.23. The standard InChI is InChI=1S/C28H32O5/c1-19-25(32-2)17-24(18-26(19)33-3)28(31)23(14-13-20-7-5-4-6-8-20)15-21-9-11-22(12-10-21)16-27(29)30/h4-12,17-18,23,28,31H,13-16H2,1-3H3,(H,29,30)/t23-,28?/m0/s1. The highest BCUT2D eigenvalue weighted by Crippen LogP contribution is 2.36. The summed E-state index contributed by atoms with van der Waals surface area (Å²) in [5, 5.41) is 20.4. The van der Waals surface area contributed by atoms with Crippen LogP contribution in [0.2, 0.25) is 0 Å². The van der Waals surface area contributed by atoms with Crippen molar-refractivity contribution in [1.29, 1.82) is 0 Å². The summed E-state index contributed by atoms with van der Waals surface area (Å²) in [5.41, 5.74) is 4.71. The monoisotopic (exact) mass is 448 g/mol. The van der Waals surface area contributed by atoms with Crippen LogP contribution in [0.4, 0.5) is 0 Å². The van der Waals surface area contributed by atoms with Crippen LogP contribution in [0.15, 0.2) is 66.7 Å². The largest absolute Gasteiger partial charge is 0.496 e. The molecule has 5 heteroatoms. The molecule has 3 aromatic carbocycles. The van der Waals surface area contributed by atoms with E-state index in [0.29, 0.717) is 17.9 Å². The van der Waals surface area contributed by atoms with Gasteiger partial charge >= 0.3 is 5.97 Å². The van der Waals surface area contributed by atoms with E-state index in [1.807, 2.05) is 61.5 Å². The van der Waals surface area contributed by atoms with Crippen molar-refractivity contribution in [2.24, 2.45) is 5.92 Å². The molecule has 0 radical (unpaired) electrons. The van der Waals surface area contributed by atoms with Crippen LogP contribution in [-0.2, 0) is 24.1 Å². The molecule has 0 heterocycles. The fourth-order valence-corrected chi connectivity index (χ4v) is 4.19. The first-order chi connectivity index (χ1) is 15.9. The van der Waals surface area contributed by atoms with E-state index in [1.54, 1.807) is 14.2 Å². The molecule has 0 bridgehead atoms. The van der Waals surface area contributed by atoms with Crippen molar-refractivity contribution in [3.63, 3.8) is 0 Å². The van der Waals surface area contributed by atoms with Gasteiger partial charge in [-0.25, -0.2) is 0 Å². The first-order valence-corrected chi connectivity index (χ1v) is 11.2. The number of carboxylic acid groups (broad SMARTS) is 1. The van der Waals surface area contributed by atoms with Crippen LogP contribution in [0.1, 0.15) is 40.3 Å². The number of aliphatic hydroxyl groups excluding tert-OH is 1. The lowest BCUT2D eigenvalue weighted by molar-refractivity contribution is -0.136. The van der Waals surface area contributed by atoms with Gasteiger partial charge in [0.15, 0.2) is 0 Å². The number of carbonyl (C=O) groups is 1. The average molecular weight is 449 g/mol. The van der Waals surface area contributed by atoms with Gasteiger partial charge in [-0.2, -0.15) is 0 Å². The molecule has 0 saturated carbocycles. The molecule has 0 fully saturated rings. The van der Waals surface area contributed by atoms with Gasteiger partial charge in [-0.1, -0.05) is 54.6 Å². The molecule has 174 valence electrons. The molecule has 0 aliphatic heterocycles. The van der Waals surface area contributed by atoms with Crippen LogP contribution in [-0.4, -0.2) is 30.4 Å². The van der Waals surface area contributed by atoms with Gasteiger partial charge in [0.05, 0.1) is 26.7 Å². The van der Waals surface area contributed by atoms with Crippen molar-refractivity contribution >= 4 is 5.97 Å². The summed E-state index contributed by atoms with van der Waals surface area (Å²) in [6.45, 7) is 1.93. The van der Waals surface area contributed by atoms with E-state index in [9.17, 15) is 9.90 Å². The number of rotatable bonds is 11. The third kappa shape index (κ3) is 6.59. The lowest BCUT2D eigenvalue weighted by Gasteiger charge is -2.25. The minimum Gasteiger partial charge on any atom is -0.496 e. The third-order valence-corrected chi connectivity index (χ3v) is 6.09. The third-order valence-electron chi connectivity index (χ3n) is 6.09. The van der Waals surface area contributed by atoms with Crippen molar-refractivity contribution in [3.8, 4) is 11.5 Å². The first kappa shape index (κ1) is 24.3. The SMILES string of the molecule is COc1cc(C(O)[C@@H](CCc2ccccc2)Cc2ccc(CC(=O)O)cc2)cc(OC)c1C. The average Bonchev–Trinajstić information content (AvgIpc) is 2.83. The molecule has 3 rings (SSSR count). The zero-order valence-corrected chi connectivity index (χ0v) is 19.5. The Hall–Kier alpha value is -3.31. The number of aliphatic hydroxyl groups is 1. The van der Waals surface area contributed by atoms with Crippen LogP contribution in [0, 0.1) is 12.8 Å². The van der Waals surface area contributed by atoms with E-state index in [2.05, 4.69) is 12.1 Å². The van der Waals surface area contributed by atoms with E-state index in [1.165, 1.54) is 5.56 Å². The van der Waals surface area contributed by atoms with E-state index in [4.69, 9.17) is 14.6 Å². The second-order valence-corrected chi connectivity index (χ2v) is 8.37. The van der Waals surface area contributed by atoms with Gasteiger partial charge in [0.2, 0.25) is 0 Å². The van der Waals surface area contributed by atoms with Crippen molar-refractivity contribution in [2.45, 2.75) is 38.7 Å². The number of aryl methyl sites for hydroxylation is 1. The smallest absolute Gasteiger partial charge is 0.307 e. The van der Waals surface area contributed by atoms with Crippen LogP contribution in [0.5, 0.6) is 11.5 Å². The minimum atomic E-state index is -0.846.